The second kappa shape index (κ2) is 7.32. The molecule has 0 aliphatic rings. The molecule has 2 heteroatoms. The summed E-state index contributed by atoms with van der Waals surface area (Å²) in [4.78, 5) is 0. The molecule has 0 saturated heterocycles. The quantitative estimate of drug-likeness (QED) is 0.599. The Labute approximate surface area is 75.5 Å². The lowest BCUT2D eigenvalue weighted by Crippen LogP contribution is -2.24. The molecular weight excluding hydrogens is 150 g/mol. The van der Waals surface area contributed by atoms with Gasteiger partial charge in [0.2, 0.25) is 0 Å². The van der Waals surface area contributed by atoms with Gasteiger partial charge in [0.05, 0.1) is 6.61 Å². The van der Waals surface area contributed by atoms with E-state index >= 15 is 0 Å². The highest BCUT2D eigenvalue weighted by Crippen LogP contribution is 2.10. The van der Waals surface area contributed by atoms with Crippen LogP contribution in [0, 0.1) is 0 Å². The number of allylic oxidation sites excluding steroid dienone is 1. The van der Waals surface area contributed by atoms with Crippen LogP contribution in [0.15, 0.2) is 11.6 Å². The van der Waals surface area contributed by atoms with Crippen molar-refractivity contribution < 1.29 is 5.11 Å². The highest BCUT2D eigenvalue weighted by atomic mass is 16.3. The molecule has 0 aliphatic heterocycles. The van der Waals surface area contributed by atoms with E-state index in [9.17, 15) is 0 Å². The van der Waals surface area contributed by atoms with E-state index < -0.39 is 0 Å². The molecule has 1 unspecified atom stereocenters. The molecule has 0 aromatic carbocycles. The van der Waals surface area contributed by atoms with Gasteiger partial charge in [-0.05, 0) is 19.3 Å². The van der Waals surface area contributed by atoms with Crippen molar-refractivity contribution in [2.24, 2.45) is 5.73 Å². The fourth-order valence-corrected chi connectivity index (χ4v) is 1.12. The van der Waals surface area contributed by atoms with Gasteiger partial charge in [-0.3, -0.25) is 0 Å². The molecule has 0 amide bonds. The first-order valence-electron chi connectivity index (χ1n) is 4.78. The Kier molecular flexibility index (Phi) is 7.11. The van der Waals surface area contributed by atoms with Crippen molar-refractivity contribution in [3.63, 3.8) is 0 Å². The number of unbranched alkanes of at least 4 members (excludes halogenated alkanes) is 1. The fraction of sp³-hybridized carbons (Fsp3) is 0.800. The van der Waals surface area contributed by atoms with E-state index in [0.717, 1.165) is 19.3 Å². The van der Waals surface area contributed by atoms with Gasteiger partial charge in [-0.15, -0.1) is 0 Å². The minimum Gasteiger partial charge on any atom is -0.395 e. The SMILES string of the molecule is CCC/C=C(\CC)CC(N)CO. The maximum absolute atomic E-state index is 8.75. The van der Waals surface area contributed by atoms with Crippen LogP contribution in [0.4, 0.5) is 0 Å². The average Bonchev–Trinajstić information content (AvgIpc) is 2.11. The molecule has 0 fully saturated rings. The summed E-state index contributed by atoms with van der Waals surface area (Å²) in [5.74, 6) is 0. The lowest BCUT2D eigenvalue weighted by molar-refractivity contribution is 0.264. The van der Waals surface area contributed by atoms with Crippen LogP contribution >= 0.6 is 0 Å². The standard InChI is InChI=1S/C10H21NO/c1-3-5-6-9(4-2)7-10(11)8-12/h6,10,12H,3-5,7-8,11H2,1-2H3/b9-6+. The summed E-state index contributed by atoms with van der Waals surface area (Å²) in [7, 11) is 0. The molecule has 1 atom stereocenters. The van der Waals surface area contributed by atoms with Crippen LogP contribution in [0.5, 0.6) is 0 Å². The van der Waals surface area contributed by atoms with E-state index in [1.165, 1.54) is 12.0 Å². The summed E-state index contributed by atoms with van der Waals surface area (Å²) in [5, 5.41) is 8.75. The third-order valence-corrected chi connectivity index (χ3v) is 1.93. The minimum atomic E-state index is -0.0759. The molecule has 3 N–H and O–H groups in total. The highest BCUT2D eigenvalue weighted by molar-refractivity contribution is 5.03. The Balaban J connectivity index is 3.81. The molecule has 72 valence electrons. The molecule has 0 saturated carbocycles. The van der Waals surface area contributed by atoms with Crippen LogP contribution in [0.2, 0.25) is 0 Å². The zero-order valence-electron chi connectivity index (χ0n) is 8.21. The smallest absolute Gasteiger partial charge is 0.0585 e. The predicted octanol–water partition coefficient (Wildman–Crippen LogP) is 1.83. The third-order valence-electron chi connectivity index (χ3n) is 1.93. The van der Waals surface area contributed by atoms with Gasteiger partial charge in [0.15, 0.2) is 0 Å². The zero-order chi connectivity index (χ0) is 9.40. The van der Waals surface area contributed by atoms with Crippen LogP contribution in [0.3, 0.4) is 0 Å². The Morgan fingerprint density at radius 1 is 1.50 bits per heavy atom. The molecule has 0 rings (SSSR count). The van der Waals surface area contributed by atoms with Crippen molar-refractivity contribution in [1.29, 1.82) is 0 Å². The number of aliphatic hydroxyl groups excluding tert-OH is 1. The zero-order valence-corrected chi connectivity index (χ0v) is 8.21. The van der Waals surface area contributed by atoms with Crippen molar-refractivity contribution in [3.05, 3.63) is 11.6 Å². The highest BCUT2D eigenvalue weighted by Gasteiger charge is 2.02. The molecular formula is C10H21NO. The van der Waals surface area contributed by atoms with Crippen LogP contribution in [-0.2, 0) is 0 Å². The minimum absolute atomic E-state index is 0.0759. The summed E-state index contributed by atoms with van der Waals surface area (Å²) in [6.45, 7) is 4.38. The van der Waals surface area contributed by atoms with Crippen LogP contribution < -0.4 is 5.73 Å². The second-order valence-corrected chi connectivity index (χ2v) is 3.15. The van der Waals surface area contributed by atoms with Gasteiger partial charge in [0.1, 0.15) is 0 Å². The van der Waals surface area contributed by atoms with E-state index in [0.29, 0.717) is 0 Å². The Bertz CT molecular complexity index is 132. The largest absolute Gasteiger partial charge is 0.395 e. The molecule has 0 aromatic rings. The maximum atomic E-state index is 8.75. The first-order valence-corrected chi connectivity index (χ1v) is 4.78. The van der Waals surface area contributed by atoms with Gasteiger partial charge in [-0.25, -0.2) is 0 Å². The second-order valence-electron chi connectivity index (χ2n) is 3.15. The monoisotopic (exact) mass is 171 g/mol. The summed E-state index contributed by atoms with van der Waals surface area (Å²) < 4.78 is 0. The van der Waals surface area contributed by atoms with Gasteiger partial charge in [-0.1, -0.05) is 31.9 Å². The van der Waals surface area contributed by atoms with Gasteiger partial charge < -0.3 is 10.8 Å². The molecule has 0 aliphatic carbocycles. The van der Waals surface area contributed by atoms with Gasteiger partial charge in [0.25, 0.3) is 0 Å². The summed E-state index contributed by atoms with van der Waals surface area (Å²) in [6, 6.07) is -0.0759. The molecule has 0 heterocycles. The average molecular weight is 171 g/mol. The van der Waals surface area contributed by atoms with E-state index in [4.69, 9.17) is 10.8 Å². The first kappa shape index (κ1) is 11.7. The number of aliphatic hydroxyl groups is 1. The van der Waals surface area contributed by atoms with E-state index in [1.807, 2.05) is 0 Å². The van der Waals surface area contributed by atoms with Crippen LogP contribution in [0.1, 0.15) is 39.5 Å². The number of rotatable bonds is 6. The topological polar surface area (TPSA) is 46.2 Å². The number of hydrogen-bond donors (Lipinski definition) is 2. The van der Waals surface area contributed by atoms with Crippen molar-refractivity contribution in [2.45, 2.75) is 45.6 Å². The molecule has 0 radical (unpaired) electrons. The van der Waals surface area contributed by atoms with Gasteiger partial charge in [0, 0.05) is 6.04 Å². The summed E-state index contributed by atoms with van der Waals surface area (Å²) in [5.41, 5.74) is 7.00. The summed E-state index contributed by atoms with van der Waals surface area (Å²) >= 11 is 0. The molecule has 2 nitrogen and oxygen atoms in total. The molecule has 0 spiro atoms. The predicted molar refractivity (Wildman–Crippen MR) is 53.0 cm³/mol. The third kappa shape index (κ3) is 5.33. The van der Waals surface area contributed by atoms with Crippen molar-refractivity contribution in [3.8, 4) is 0 Å². The van der Waals surface area contributed by atoms with Crippen LogP contribution in [0.25, 0.3) is 0 Å². The van der Waals surface area contributed by atoms with Crippen molar-refractivity contribution in [2.75, 3.05) is 6.61 Å². The fourth-order valence-electron chi connectivity index (χ4n) is 1.12. The molecule has 12 heavy (non-hydrogen) atoms. The normalized spacial score (nSPS) is 14.8. The maximum Gasteiger partial charge on any atom is 0.0585 e. The van der Waals surface area contributed by atoms with Gasteiger partial charge in [-0.2, -0.15) is 0 Å². The van der Waals surface area contributed by atoms with Crippen LogP contribution in [-0.4, -0.2) is 17.8 Å². The Hall–Kier alpha value is -0.340. The molecule has 0 bridgehead atoms. The molecule has 0 aromatic heterocycles. The lowest BCUT2D eigenvalue weighted by atomic mass is 10.0. The Morgan fingerprint density at radius 3 is 2.58 bits per heavy atom. The van der Waals surface area contributed by atoms with Crippen molar-refractivity contribution >= 4 is 0 Å². The van der Waals surface area contributed by atoms with Crippen molar-refractivity contribution in [1.82, 2.24) is 0 Å². The number of hydrogen-bond acceptors (Lipinski definition) is 2. The van der Waals surface area contributed by atoms with E-state index in [1.54, 1.807) is 0 Å². The number of nitrogens with two attached hydrogens (primary N) is 1. The first-order chi connectivity index (χ1) is 5.74. The lowest BCUT2D eigenvalue weighted by Gasteiger charge is -2.09. The van der Waals surface area contributed by atoms with E-state index in [-0.39, 0.29) is 12.6 Å². The summed E-state index contributed by atoms with van der Waals surface area (Å²) in [6.07, 6.45) is 6.44. The Morgan fingerprint density at radius 2 is 2.17 bits per heavy atom. The van der Waals surface area contributed by atoms with E-state index in [2.05, 4.69) is 19.9 Å². The van der Waals surface area contributed by atoms with Gasteiger partial charge >= 0.3 is 0 Å².